The Labute approximate surface area is 105 Å². The largest absolute Gasteiger partial charge is 0.334 e. The Hall–Kier alpha value is -0.830. The molecule has 3 nitrogen and oxygen atoms in total. The molecule has 0 aromatic carbocycles. The van der Waals surface area contributed by atoms with Crippen molar-refractivity contribution < 1.29 is 0 Å². The predicted octanol–water partition coefficient (Wildman–Crippen LogP) is 2.99. The van der Waals surface area contributed by atoms with Gasteiger partial charge in [0.15, 0.2) is 0 Å². The molecule has 96 valence electrons. The first-order chi connectivity index (χ1) is 8.27. The third kappa shape index (κ3) is 2.89. The molecule has 0 saturated heterocycles. The van der Waals surface area contributed by atoms with Gasteiger partial charge in [-0.3, -0.25) is 0 Å². The lowest BCUT2D eigenvalue weighted by Gasteiger charge is -2.19. The predicted molar refractivity (Wildman–Crippen MR) is 70.8 cm³/mol. The molecule has 1 N–H and O–H groups in total. The zero-order valence-corrected chi connectivity index (χ0v) is 11.3. The molecule has 1 heterocycles. The molecule has 3 heteroatoms. The van der Waals surface area contributed by atoms with Crippen molar-refractivity contribution in [3.63, 3.8) is 0 Å². The van der Waals surface area contributed by atoms with Crippen molar-refractivity contribution >= 4 is 0 Å². The summed E-state index contributed by atoms with van der Waals surface area (Å²) in [4.78, 5) is 4.58. The molecule has 3 atom stereocenters. The lowest BCUT2D eigenvalue weighted by atomic mass is 10.1. The van der Waals surface area contributed by atoms with Gasteiger partial charge < -0.3 is 9.88 Å². The summed E-state index contributed by atoms with van der Waals surface area (Å²) in [5, 5.41) is 3.68. The van der Waals surface area contributed by atoms with E-state index in [1.165, 1.54) is 25.1 Å². The number of nitrogens with zero attached hydrogens (tertiary/aromatic N) is 2. The van der Waals surface area contributed by atoms with E-state index in [9.17, 15) is 0 Å². The molecular formula is C14H25N3. The van der Waals surface area contributed by atoms with Gasteiger partial charge in [-0.05, 0) is 37.6 Å². The molecular weight excluding hydrogens is 210 g/mol. The van der Waals surface area contributed by atoms with Crippen molar-refractivity contribution in [3.05, 3.63) is 18.2 Å². The van der Waals surface area contributed by atoms with Crippen molar-refractivity contribution in [1.82, 2.24) is 14.9 Å². The third-order valence-electron chi connectivity index (χ3n) is 3.70. The molecule has 3 unspecified atom stereocenters. The van der Waals surface area contributed by atoms with E-state index in [1.54, 1.807) is 0 Å². The monoisotopic (exact) mass is 235 g/mol. The molecule has 1 aromatic rings. The first-order valence-corrected chi connectivity index (χ1v) is 7.02. The van der Waals surface area contributed by atoms with E-state index < -0.39 is 0 Å². The first kappa shape index (κ1) is 12.6. The van der Waals surface area contributed by atoms with E-state index in [0.29, 0.717) is 6.04 Å². The number of hydrogen-bond donors (Lipinski definition) is 1. The van der Waals surface area contributed by atoms with Gasteiger partial charge in [-0.15, -0.1) is 0 Å². The lowest BCUT2D eigenvalue weighted by molar-refractivity contribution is 0.422. The highest BCUT2D eigenvalue weighted by Crippen LogP contribution is 2.46. The van der Waals surface area contributed by atoms with Gasteiger partial charge in [-0.2, -0.15) is 0 Å². The van der Waals surface area contributed by atoms with Gasteiger partial charge in [-0.25, -0.2) is 4.98 Å². The molecule has 1 fully saturated rings. The van der Waals surface area contributed by atoms with Gasteiger partial charge in [0.05, 0.1) is 6.04 Å². The van der Waals surface area contributed by atoms with Gasteiger partial charge in [0.1, 0.15) is 5.82 Å². The summed E-state index contributed by atoms with van der Waals surface area (Å²) in [5.41, 5.74) is 0. The Bertz CT molecular complexity index is 345. The Kier molecular flexibility index (Phi) is 4.21. The van der Waals surface area contributed by atoms with Crippen LogP contribution in [0.15, 0.2) is 12.4 Å². The van der Waals surface area contributed by atoms with Crippen molar-refractivity contribution in [2.45, 2.75) is 52.6 Å². The molecule has 0 radical (unpaired) electrons. The topological polar surface area (TPSA) is 29.9 Å². The second kappa shape index (κ2) is 5.67. The summed E-state index contributed by atoms with van der Waals surface area (Å²) in [6.45, 7) is 8.96. The summed E-state index contributed by atoms with van der Waals surface area (Å²) < 4.78 is 2.32. The van der Waals surface area contributed by atoms with Crippen molar-refractivity contribution in [2.75, 3.05) is 6.54 Å². The van der Waals surface area contributed by atoms with E-state index in [-0.39, 0.29) is 0 Å². The van der Waals surface area contributed by atoms with E-state index in [4.69, 9.17) is 0 Å². The molecule has 0 bridgehead atoms. The maximum atomic E-state index is 4.58. The summed E-state index contributed by atoms with van der Waals surface area (Å²) in [6.07, 6.45) is 7.77. The van der Waals surface area contributed by atoms with Gasteiger partial charge in [-0.1, -0.05) is 20.8 Å². The molecule has 0 aliphatic heterocycles. The van der Waals surface area contributed by atoms with Crippen LogP contribution in [-0.4, -0.2) is 16.1 Å². The van der Waals surface area contributed by atoms with E-state index in [0.717, 1.165) is 24.9 Å². The molecule has 0 amide bonds. The van der Waals surface area contributed by atoms with Crippen molar-refractivity contribution in [2.24, 2.45) is 11.8 Å². The zero-order chi connectivity index (χ0) is 12.3. The summed E-state index contributed by atoms with van der Waals surface area (Å²) >= 11 is 0. The number of rotatable bonds is 7. The van der Waals surface area contributed by atoms with Gasteiger partial charge >= 0.3 is 0 Å². The standard InChI is InChI=1S/C14H25N3/c1-4-6-15-13(12-10-11(12)3)14-16-7-9-17(14)8-5-2/h7,9,11-13,15H,4-6,8,10H2,1-3H3. The van der Waals surface area contributed by atoms with Crippen LogP contribution in [0.25, 0.3) is 0 Å². The maximum Gasteiger partial charge on any atom is 0.126 e. The zero-order valence-electron chi connectivity index (χ0n) is 11.3. The number of aromatic nitrogens is 2. The Balaban J connectivity index is 2.10. The van der Waals surface area contributed by atoms with Crippen LogP contribution in [0, 0.1) is 11.8 Å². The third-order valence-corrected chi connectivity index (χ3v) is 3.70. The van der Waals surface area contributed by atoms with Crippen LogP contribution in [0.3, 0.4) is 0 Å². The Morgan fingerprint density at radius 1 is 1.47 bits per heavy atom. The minimum Gasteiger partial charge on any atom is -0.334 e. The fourth-order valence-electron chi connectivity index (χ4n) is 2.58. The number of nitrogens with one attached hydrogen (secondary N) is 1. The van der Waals surface area contributed by atoms with Crippen LogP contribution in [-0.2, 0) is 6.54 Å². The SMILES string of the molecule is CCCNC(c1nccn1CCC)C1CC1C. The van der Waals surface area contributed by atoms with Crippen LogP contribution in [0.4, 0.5) is 0 Å². The Morgan fingerprint density at radius 2 is 2.24 bits per heavy atom. The summed E-state index contributed by atoms with van der Waals surface area (Å²) in [6, 6.07) is 0.464. The van der Waals surface area contributed by atoms with Gasteiger partial charge in [0.25, 0.3) is 0 Å². The highest BCUT2D eigenvalue weighted by molar-refractivity contribution is 5.07. The Morgan fingerprint density at radius 3 is 2.82 bits per heavy atom. The minimum absolute atomic E-state index is 0.464. The molecule has 1 saturated carbocycles. The highest BCUT2D eigenvalue weighted by Gasteiger charge is 2.41. The second-order valence-corrected chi connectivity index (χ2v) is 5.29. The number of imidazole rings is 1. The fourth-order valence-corrected chi connectivity index (χ4v) is 2.58. The second-order valence-electron chi connectivity index (χ2n) is 5.29. The van der Waals surface area contributed by atoms with Gasteiger partial charge in [0, 0.05) is 18.9 Å². The molecule has 1 aliphatic carbocycles. The van der Waals surface area contributed by atoms with Crippen molar-refractivity contribution in [1.29, 1.82) is 0 Å². The minimum atomic E-state index is 0.464. The maximum absolute atomic E-state index is 4.58. The van der Waals surface area contributed by atoms with Crippen LogP contribution in [0.1, 0.15) is 51.9 Å². The molecule has 0 spiro atoms. The van der Waals surface area contributed by atoms with E-state index in [2.05, 4.69) is 41.8 Å². The number of aryl methyl sites for hydroxylation is 1. The fraction of sp³-hybridized carbons (Fsp3) is 0.786. The smallest absolute Gasteiger partial charge is 0.126 e. The molecule has 1 aromatic heterocycles. The van der Waals surface area contributed by atoms with Crippen LogP contribution >= 0.6 is 0 Å². The number of hydrogen-bond acceptors (Lipinski definition) is 2. The van der Waals surface area contributed by atoms with Crippen LogP contribution in [0.5, 0.6) is 0 Å². The first-order valence-electron chi connectivity index (χ1n) is 7.02. The van der Waals surface area contributed by atoms with Crippen molar-refractivity contribution in [3.8, 4) is 0 Å². The van der Waals surface area contributed by atoms with Crippen LogP contribution in [0.2, 0.25) is 0 Å². The average molecular weight is 235 g/mol. The highest BCUT2D eigenvalue weighted by atomic mass is 15.1. The summed E-state index contributed by atoms with van der Waals surface area (Å²) in [7, 11) is 0. The van der Waals surface area contributed by atoms with Gasteiger partial charge in [0.2, 0.25) is 0 Å². The van der Waals surface area contributed by atoms with E-state index in [1.807, 2.05) is 6.20 Å². The lowest BCUT2D eigenvalue weighted by Crippen LogP contribution is -2.27. The molecule has 17 heavy (non-hydrogen) atoms. The molecule has 2 rings (SSSR count). The molecule has 1 aliphatic rings. The summed E-state index contributed by atoms with van der Waals surface area (Å²) in [5.74, 6) is 2.89. The average Bonchev–Trinajstić information content (AvgIpc) is 2.86. The normalized spacial score (nSPS) is 24.9. The quantitative estimate of drug-likeness (QED) is 0.787. The van der Waals surface area contributed by atoms with Crippen LogP contribution < -0.4 is 5.32 Å². The van der Waals surface area contributed by atoms with E-state index >= 15 is 0 Å².